The van der Waals surface area contributed by atoms with Gasteiger partial charge in [-0.05, 0) is 17.7 Å². The normalized spacial score (nSPS) is 12.3. The Morgan fingerprint density at radius 2 is 1.73 bits per heavy atom. The summed E-state index contributed by atoms with van der Waals surface area (Å²) in [6.07, 6.45) is -1.24. The van der Waals surface area contributed by atoms with Gasteiger partial charge >= 0.3 is 0 Å². The molecule has 0 saturated heterocycles. The zero-order valence-electron chi connectivity index (χ0n) is 8.53. The zero-order valence-corrected chi connectivity index (χ0v) is 8.53. The molecule has 0 aliphatic heterocycles. The predicted molar refractivity (Wildman–Crippen MR) is 52.1 cm³/mol. The van der Waals surface area contributed by atoms with Crippen molar-refractivity contribution in [2.45, 2.75) is 6.10 Å². The number of hydrogen-bond acceptors (Lipinski definition) is 4. The number of aliphatic hydroxyl groups excluding tert-OH is 1. The van der Waals surface area contributed by atoms with E-state index >= 15 is 0 Å². The molecule has 0 amide bonds. The fourth-order valence-electron chi connectivity index (χ4n) is 1.20. The summed E-state index contributed by atoms with van der Waals surface area (Å²) in [4.78, 5) is 0. The van der Waals surface area contributed by atoms with Crippen LogP contribution in [-0.4, -0.2) is 31.1 Å². The molecule has 0 aromatic heterocycles. The quantitative estimate of drug-likeness (QED) is 0.799. The summed E-state index contributed by atoms with van der Waals surface area (Å²) >= 11 is 0. The fourth-order valence-corrected chi connectivity index (χ4v) is 1.20. The molecule has 1 atom stereocenters. The summed E-state index contributed by atoms with van der Waals surface area (Å²) in [6.45, 7) is -0.906. The largest absolute Gasteiger partial charge is 0.502 e. The molecule has 1 rings (SSSR count). The summed E-state index contributed by atoms with van der Waals surface area (Å²) in [7, 11) is 2.72. The lowest BCUT2D eigenvalue weighted by molar-refractivity contribution is 0.141. The first-order valence-corrected chi connectivity index (χ1v) is 4.33. The number of aliphatic hydroxyl groups is 1. The number of benzene rings is 1. The molecule has 0 bridgehead atoms. The Morgan fingerprint density at radius 3 is 2.07 bits per heavy atom. The number of alkyl halides is 1. The Balaban J connectivity index is 3.20. The minimum absolute atomic E-state index is 0.136. The van der Waals surface area contributed by atoms with E-state index in [9.17, 15) is 14.6 Å². The van der Waals surface area contributed by atoms with Crippen molar-refractivity contribution in [3.63, 3.8) is 0 Å². The third-order valence-electron chi connectivity index (χ3n) is 2.03. The number of ether oxygens (including phenoxy) is 2. The van der Waals surface area contributed by atoms with Crippen LogP contribution < -0.4 is 9.47 Å². The highest BCUT2D eigenvalue weighted by atomic mass is 19.1. The number of phenolic OH excluding ortho intramolecular Hbond substituents is 1. The van der Waals surface area contributed by atoms with E-state index in [-0.39, 0.29) is 17.2 Å². The van der Waals surface area contributed by atoms with Crippen molar-refractivity contribution < 1.29 is 24.1 Å². The van der Waals surface area contributed by atoms with Gasteiger partial charge in [0.25, 0.3) is 0 Å². The van der Waals surface area contributed by atoms with Crippen LogP contribution in [0.4, 0.5) is 4.39 Å². The lowest BCUT2D eigenvalue weighted by atomic mass is 10.1. The van der Waals surface area contributed by atoms with E-state index in [4.69, 9.17) is 9.47 Å². The Hall–Kier alpha value is -1.49. The first-order chi connectivity index (χ1) is 7.13. The van der Waals surface area contributed by atoms with E-state index in [0.29, 0.717) is 5.56 Å². The van der Waals surface area contributed by atoms with E-state index in [0.717, 1.165) is 0 Å². The van der Waals surface area contributed by atoms with E-state index in [2.05, 4.69) is 0 Å². The fraction of sp³-hybridized carbons (Fsp3) is 0.400. The molecular weight excluding hydrogens is 203 g/mol. The maximum atomic E-state index is 12.3. The van der Waals surface area contributed by atoms with Crippen LogP contribution in [-0.2, 0) is 0 Å². The van der Waals surface area contributed by atoms with Gasteiger partial charge in [0.2, 0.25) is 5.75 Å². The van der Waals surface area contributed by atoms with Gasteiger partial charge in [-0.25, -0.2) is 4.39 Å². The lowest BCUT2D eigenvalue weighted by Gasteiger charge is -2.13. The first-order valence-electron chi connectivity index (χ1n) is 4.33. The van der Waals surface area contributed by atoms with Gasteiger partial charge in [0.05, 0.1) is 14.2 Å². The summed E-state index contributed by atoms with van der Waals surface area (Å²) in [6, 6.07) is 2.73. The van der Waals surface area contributed by atoms with E-state index in [1.54, 1.807) is 0 Å². The van der Waals surface area contributed by atoms with Gasteiger partial charge in [-0.3, -0.25) is 0 Å². The molecule has 0 aliphatic carbocycles. The van der Waals surface area contributed by atoms with Crippen LogP contribution in [0, 0.1) is 0 Å². The van der Waals surface area contributed by atoms with Crippen LogP contribution in [0.15, 0.2) is 12.1 Å². The highest BCUT2D eigenvalue weighted by Crippen LogP contribution is 2.38. The molecule has 5 heteroatoms. The van der Waals surface area contributed by atoms with E-state index < -0.39 is 12.8 Å². The van der Waals surface area contributed by atoms with Crippen LogP contribution in [0.2, 0.25) is 0 Å². The molecule has 15 heavy (non-hydrogen) atoms. The van der Waals surface area contributed by atoms with Crippen molar-refractivity contribution >= 4 is 0 Å². The molecule has 1 unspecified atom stereocenters. The van der Waals surface area contributed by atoms with E-state index in [1.807, 2.05) is 0 Å². The Labute approximate surface area is 86.9 Å². The second-order valence-corrected chi connectivity index (χ2v) is 2.94. The average Bonchev–Trinajstić information content (AvgIpc) is 2.28. The van der Waals surface area contributed by atoms with Crippen LogP contribution in [0.3, 0.4) is 0 Å². The Morgan fingerprint density at radius 1 is 1.27 bits per heavy atom. The smallest absolute Gasteiger partial charge is 0.200 e. The first kappa shape index (κ1) is 11.6. The molecule has 0 spiro atoms. The third-order valence-corrected chi connectivity index (χ3v) is 2.03. The minimum Gasteiger partial charge on any atom is -0.502 e. The molecule has 0 radical (unpaired) electrons. The number of methoxy groups -OCH3 is 2. The van der Waals surface area contributed by atoms with Crippen molar-refractivity contribution in [2.75, 3.05) is 20.9 Å². The van der Waals surface area contributed by atoms with Crippen molar-refractivity contribution in [1.82, 2.24) is 0 Å². The van der Waals surface area contributed by atoms with Crippen molar-refractivity contribution in [1.29, 1.82) is 0 Å². The lowest BCUT2D eigenvalue weighted by Crippen LogP contribution is -2.01. The van der Waals surface area contributed by atoms with Gasteiger partial charge < -0.3 is 19.7 Å². The molecule has 4 nitrogen and oxygen atoms in total. The maximum absolute atomic E-state index is 12.3. The number of phenols is 1. The van der Waals surface area contributed by atoms with Gasteiger partial charge in [0, 0.05) is 0 Å². The second-order valence-electron chi connectivity index (χ2n) is 2.94. The number of halogens is 1. The number of rotatable bonds is 4. The van der Waals surface area contributed by atoms with Gasteiger partial charge in [0.1, 0.15) is 12.8 Å². The molecule has 0 fully saturated rings. The van der Waals surface area contributed by atoms with Crippen molar-refractivity contribution in [2.24, 2.45) is 0 Å². The summed E-state index contributed by atoms with van der Waals surface area (Å²) in [5, 5.41) is 18.8. The van der Waals surface area contributed by atoms with Crippen molar-refractivity contribution in [3.05, 3.63) is 17.7 Å². The SMILES string of the molecule is COc1cc(C(O)CF)cc(OC)c1O. The minimum atomic E-state index is -1.24. The van der Waals surface area contributed by atoms with Gasteiger partial charge in [-0.15, -0.1) is 0 Å². The van der Waals surface area contributed by atoms with Gasteiger partial charge in [-0.2, -0.15) is 0 Å². The summed E-state index contributed by atoms with van der Waals surface area (Å²) in [5.41, 5.74) is 0.295. The Kier molecular flexibility index (Phi) is 3.74. The van der Waals surface area contributed by atoms with Crippen LogP contribution in [0.25, 0.3) is 0 Å². The standard InChI is InChI=1S/C10H13FO4/c1-14-8-3-6(7(12)5-11)4-9(15-2)10(8)13/h3-4,7,12-13H,5H2,1-2H3. The van der Waals surface area contributed by atoms with Gasteiger partial charge in [0.15, 0.2) is 11.5 Å². The van der Waals surface area contributed by atoms with Crippen LogP contribution in [0.1, 0.15) is 11.7 Å². The zero-order chi connectivity index (χ0) is 11.4. The topological polar surface area (TPSA) is 58.9 Å². The Bertz CT molecular complexity index is 315. The highest BCUT2D eigenvalue weighted by molar-refractivity contribution is 5.53. The van der Waals surface area contributed by atoms with Crippen LogP contribution >= 0.6 is 0 Å². The third kappa shape index (κ3) is 2.30. The van der Waals surface area contributed by atoms with Crippen molar-refractivity contribution in [3.8, 4) is 17.2 Å². The molecule has 84 valence electrons. The van der Waals surface area contributed by atoms with E-state index in [1.165, 1.54) is 26.4 Å². The monoisotopic (exact) mass is 216 g/mol. The molecular formula is C10H13FO4. The summed E-state index contributed by atoms with van der Waals surface area (Å²) in [5.74, 6) is 0.100. The highest BCUT2D eigenvalue weighted by Gasteiger charge is 2.15. The predicted octanol–water partition coefficient (Wildman–Crippen LogP) is 1.41. The number of aromatic hydroxyl groups is 1. The van der Waals surface area contributed by atoms with Gasteiger partial charge in [-0.1, -0.05) is 0 Å². The maximum Gasteiger partial charge on any atom is 0.200 e. The second kappa shape index (κ2) is 4.84. The molecule has 2 N–H and O–H groups in total. The summed E-state index contributed by atoms with van der Waals surface area (Å²) < 4.78 is 22.0. The molecule has 0 aliphatic rings. The molecule has 0 heterocycles. The van der Waals surface area contributed by atoms with Crippen LogP contribution in [0.5, 0.6) is 17.2 Å². The molecule has 1 aromatic rings. The molecule has 0 saturated carbocycles. The average molecular weight is 216 g/mol. The number of hydrogen-bond donors (Lipinski definition) is 2. The molecule has 1 aromatic carbocycles.